The van der Waals surface area contributed by atoms with Gasteiger partial charge in [0.15, 0.2) is 0 Å². The van der Waals surface area contributed by atoms with Crippen LogP contribution in [0, 0.1) is 6.92 Å². The zero-order chi connectivity index (χ0) is 17.6. The average Bonchev–Trinajstić information content (AvgIpc) is 3.14. The SMILES string of the molecule is COc1ccc(NC(=O)C(Cc2ccco2)c2ccc(C)cc2)cn1. The van der Waals surface area contributed by atoms with Crippen molar-refractivity contribution >= 4 is 11.6 Å². The molecule has 1 aromatic carbocycles. The Hall–Kier alpha value is -3.08. The normalized spacial score (nSPS) is 11.8. The van der Waals surface area contributed by atoms with Crippen LogP contribution in [0.1, 0.15) is 22.8 Å². The minimum atomic E-state index is -0.353. The summed E-state index contributed by atoms with van der Waals surface area (Å²) in [6.07, 6.45) is 3.69. The Morgan fingerprint density at radius 1 is 1.20 bits per heavy atom. The molecule has 1 amide bonds. The van der Waals surface area contributed by atoms with Gasteiger partial charge in [-0.15, -0.1) is 0 Å². The highest BCUT2D eigenvalue weighted by Crippen LogP contribution is 2.24. The Balaban J connectivity index is 1.81. The number of benzene rings is 1. The molecule has 1 N–H and O–H groups in total. The van der Waals surface area contributed by atoms with E-state index in [-0.39, 0.29) is 11.8 Å². The molecule has 2 heterocycles. The molecule has 0 radical (unpaired) electrons. The number of nitrogens with zero attached hydrogens (tertiary/aromatic N) is 1. The number of carbonyl (C=O) groups is 1. The Kier molecular flexibility index (Phi) is 5.14. The van der Waals surface area contributed by atoms with Crippen LogP contribution in [0.2, 0.25) is 0 Å². The number of hydrogen-bond donors (Lipinski definition) is 1. The number of nitrogens with one attached hydrogen (secondary N) is 1. The first-order valence-electron chi connectivity index (χ1n) is 8.05. The summed E-state index contributed by atoms with van der Waals surface area (Å²) >= 11 is 0. The zero-order valence-electron chi connectivity index (χ0n) is 14.2. The lowest BCUT2D eigenvalue weighted by atomic mass is 9.93. The second-order valence-corrected chi connectivity index (χ2v) is 5.83. The summed E-state index contributed by atoms with van der Waals surface area (Å²) in [5, 5.41) is 2.92. The molecule has 128 valence electrons. The van der Waals surface area contributed by atoms with Crippen molar-refractivity contribution in [2.24, 2.45) is 0 Å². The molecule has 0 aliphatic heterocycles. The maximum atomic E-state index is 12.9. The minimum Gasteiger partial charge on any atom is -0.481 e. The average molecular weight is 336 g/mol. The summed E-state index contributed by atoms with van der Waals surface area (Å²) in [7, 11) is 1.55. The highest BCUT2D eigenvalue weighted by Gasteiger charge is 2.22. The van der Waals surface area contributed by atoms with E-state index in [0.717, 1.165) is 16.9 Å². The van der Waals surface area contributed by atoms with Crippen LogP contribution in [-0.4, -0.2) is 18.0 Å². The Labute approximate surface area is 146 Å². The minimum absolute atomic E-state index is 0.104. The van der Waals surface area contributed by atoms with Gasteiger partial charge in [-0.05, 0) is 30.7 Å². The van der Waals surface area contributed by atoms with Crippen molar-refractivity contribution in [1.82, 2.24) is 4.98 Å². The molecule has 0 aliphatic rings. The van der Waals surface area contributed by atoms with Gasteiger partial charge in [-0.1, -0.05) is 29.8 Å². The summed E-state index contributed by atoms with van der Waals surface area (Å²) in [5.74, 6) is 0.818. The second-order valence-electron chi connectivity index (χ2n) is 5.83. The smallest absolute Gasteiger partial charge is 0.232 e. The molecule has 5 nitrogen and oxygen atoms in total. The fraction of sp³-hybridized carbons (Fsp3) is 0.200. The number of amides is 1. The topological polar surface area (TPSA) is 64.4 Å². The third-order valence-corrected chi connectivity index (χ3v) is 3.99. The third kappa shape index (κ3) is 4.26. The number of ether oxygens (including phenoxy) is 1. The molecule has 1 unspecified atom stereocenters. The molecular formula is C20H20N2O3. The van der Waals surface area contributed by atoms with Gasteiger partial charge in [-0.2, -0.15) is 0 Å². The van der Waals surface area contributed by atoms with Crippen LogP contribution in [0.5, 0.6) is 5.88 Å². The maximum Gasteiger partial charge on any atom is 0.232 e. The van der Waals surface area contributed by atoms with Gasteiger partial charge in [0.2, 0.25) is 11.8 Å². The summed E-state index contributed by atoms with van der Waals surface area (Å²) in [6, 6.07) is 15.2. The van der Waals surface area contributed by atoms with Crippen LogP contribution in [0.3, 0.4) is 0 Å². The van der Waals surface area contributed by atoms with Crippen molar-refractivity contribution in [3.63, 3.8) is 0 Å². The van der Waals surface area contributed by atoms with Gasteiger partial charge >= 0.3 is 0 Å². The number of rotatable bonds is 6. The van der Waals surface area contributed by atoms with Crippen molar-refractivity contribution in [2.45, 2.75) is 19.3 Å². The van der Waals surface area contributed by atoms with Gasteiger partial charge < -0.3 is 14.5 Å². The van der Waals surface area contributed by atoms with Crippen LogP contribution in [0.25, 0.3) is 0 Å². The summed E-state index contributed by atoms with van der Waals surface area (Å²) in [5.41, 5.74) is 2.73. The summed E-state index contributed by atoms with van der Waals surface area (Å²) in [4.78, 5) is 17.0. The number of furan rings is 1. The number of methoxy groups -OCH3 is 1. The highest BCUT2D eigenvalue weighted by atomic mass is 16.5. The molecule has 0 aliphatic carbocycles. The first kappa shape index (κ1) is 16.8. The third-order valence-electron chi connectivity index (χ3n) is 3.99. The van der Waals surface area contributed by atoms with E-state index in [9.17, 15) is 4.79 Å². The fourth-order valence-electron chi connectivity index (χ4n) is 2.59. The molecule has 25 heavy (non-hydrogen) atoms. The molecule has 0 saturated carbocycles. The molecule has 5 heteroatoms. The van der Waals surface area contributed by atoms with Crippen LogP contribution in [0.15, 0.2) is 65.4 Å². The number of pyridine rings is 1. The van der Waals surface area contributed by atoms with Crippen molar-refractivity contribution in [3.05, 3.63) is 77.9 Å². The monoisotopic (exact) mass is 336 g/mol. The highest BCUT2D eigenvalue weighted by molar-refractivity contribution is 5.95. The maximum absolute atomic E-state index is 12.9. The first-order chi connectivity index (χ1) is 12.2. The standard InChI is InChI=1S/C20H20N2O3/c1-14-5-7-15(8-6-14)18(12-17-4-3-11-25-17)20(23)22-16-9-10-19(24-2)21-13-16/h3-11,13,18H,12H2,1-2H3,(H,22,23). The summed E-state index contributed by atoms with van der Waals surface area (Å²) in [6.45, 7) is 2.02. The molecule has 2 aromatic heterocycles. The van der Waals surface area contributed by atoms with E-state index in [1.807, 2.05) is 43.3 Å². The van der Waals surface area contributed by atoms with E-state index in [2.05, 4.69) is 10.3 Å². The predicted molar refractivity (Wildman–Crippen MR) is 95.8 cm³/mol. The second kappa shape index (κ2) is 7.66. The largest absolute Gasteiger partial charge is 0.481 e. The van der Waals surface area contributed by atoms with Gasteiger partial charge in [-0.3, -0.25) is 4.79 Å². The van der Waals surface area contributed by atoms with Crippen molar-refractivity contribution in [2.75, 3.05) is 12.4 Å². The molecule has 3 aromatic rings. The fourth-order valence-corrected chi connectivity index (χ4v) is 2.59. The van der Waals surface area contributed by atoms with Crippen molar-refractivity contribution < 1.29 is 13.9 Å². The van der Waals surface area contributed by atoms with E-state index in [0.29, 0.717) is 18.0 Å². The van der Waals surface area contributed by atoms with E-state index in [4.69, 9.17) is 9.15 Å². The molecule has 3 rings (SSSR count). The van der Waals surface area contributed by atoms with E-state index >= 15 is 0 Å². The molecule has 0 bridgehead atoms. The number of anilines is 1. The Morgan fingerprint density at radius 2 is 2.00 bits per heavy atom. The van der Waals surface area contributed by atoms with Crippen LogP contribution in [-0.2, 0) is 11.2 Å². The van der Waals surface area contributed by atoms with Crippen LogP contribution in [0.4, 0.5) is 5.69 Å². The molecular weight excluding hydrogens is 316 g/mol. The summed E-state index contributed by atoms with van der Waals surface area (Å²) < 4.78 is 10.5. The Morgan fingerprint density at radius 3 is 2.60 bits per heavy atom. The van der Waals surface area contributed by atoms with Gasteiger partial charge in [0.05, 0.1) is 31.2 Å². The zero-order valence-corrected chi connectivity index (χ0v) is 14.2. The van der Waals surface area contributed by atoms with Crippen molar-refractivity contribution in [3.8, 4) is 5.88 Å². The number of carbonyl (C=O) groups excluding carboxylic acids is 1. The lowest BCUT2D eigenvalue weighted by Crippen LogP contribution is -2.23. The van der Waals surface area contributed by atoms with Gasteiger partial charge in [0.1, 0.15) is 5.76 Å². The first-order valence-corrected chi connectivity index (χ1v) is 8.05. The van der Waals surface area contributed by atoms with Gasteiger partial charge in [-0.25, -0.2) is 4.98 Å². The van der Waals surface area contributed by atoms with E-state index in [1.165, 1.54) is 0 Å². The number of hydrogen-bond acceptors (Lipinski definition) is 4. The molecule has 1 atom stereocenters. The van der Waals surface area contributed by atoms with Crippen molar-refractivity contribution in [1.29, 1.82) is 0 Å². The van der Waals surface area contributed by atoms with E-state index in [1.54, 1.807) is 31.7 Å². The Bertz CT molecular complexity index is 809. The molecule has 0 fully saturated rings. The molecule has 0 saturated heterocycles. The predicted octanol–water partition coefficient (Wildman–Crippen LogP) is 3.96. The van der Waals surface area contributed by atoms with Crippen LogP contribution >= 0.6 is 0 Å². The quantitative estimate of drug-likeness (QED) is 0.740. The number of aromatic nitrogens is 1. The lowest BCUT2D eigenvalue weighted by molar-refractivity contribution is -0.117. The lowest BCUT2D eigenvalue weighted by Gasteiger charge is -2.16. The van der Waals surface area contributed by atoms with E-state index < -0.39 is 0 Å². The van der Waals surface area contributed by atoms with Crippen LogP contribution < -0.4 is 10.1 Å². The number of aryl methyl sites for hydroxylation is 1. The van der Waals surface area contributed by atoms with Gasteiger partial charge in [0, 0.05) is 12.5 Å². The molecule has 0 spiro atoms. The van der Waals surface area contributed by atoms with Gasteiger partial charge in [0.25, 0.3) is 0 Å².